The summed E-state index contributed by atoms with van der Waals surface area (Å²) < 4.78 is 1.95. The zero-order valence-corrected chi connectivity index (χ0v) is 9.23. The van der Waals surface area contributed by atoms with Crippen LogP contribution < -0.4 is 5.32 Å². The summed E-state index contributed by atoms with van der Waals surface area (Å²) in [7, 11) is 0. The fourth-order valence-corrected chi connectivity index (χ4v) is 2.12. The second-order valence-electron chi connectivity index (χ2n) is 4.20. The summed E-state index contributed by atoms with van der Waals surface area (Å²) in [6.45, 7) is 5.12. The van der Waals surface area contributed by atoms with Crippen molar-refractivity contribution in [3.05, 3.63) is 18.0 Å². The molecule has 15 heavy (non-hydrogen) atoms. The van der Waals surface area contributed by atoms with Crippen LogP contribution in [0.1, 0.15) is 38.2 Å². The normalized spacial score (nSPS) is 25.6. The lowest BCUT2D eigenvalue weighted by molar-refractivity contribution is -0.119. The van der Waals surface area contributed by atoms with Gasteiger partial charge in [0.1, 0.15) is 0 Å². The van der Waals surface area contributed by atoms with Crippen molar-refractivity contribution < 1.29 is 4.79 Å². The van der Waals surface area contributed by atoms with Crippen LogP contribution in [0.3, 0.4) is 0 Å². The molecule has 2 atom stereocenters. The molecule has 2 rings (SSSR count). The molecule has 82 valence electrons. The van der Waals surface area contributed by atoms with Gasteiger partial charge in [0.15, 0.2) is 0 Å². The Hall–Kier alpha value is -1.32. The van der Waals surface area contributed by atoms with Gasteiger partial charge < -0.3 is 5.32 Å². The molecule has 1 saturated heterocycles. The molecular formula is C11H17N3O. The Morgan fingerprint density at radius 2 is 2.47 bits per heavy atom. The van der Waals surface area contributed by atoms with E-state index < -0.39 is 0 Å². The molecule has 1 fully saturated rings. The van der Waals surface area contributed by atoms with Crippen molar-refractivity contribution in [1.29, 1.82) is 0 Å². The highest BCUT2D eigenvalue weighted by atomic mass is 16.1. The van der Waals surface area contributed by atoms with Crippen molar-refractivity contribution >= 4 is 5.91 Å². The van der Waals surface area contributed by atoms with Crippen LogP contribution in [0, 0.1) is 0 Å². The van der Waals surface area contributed by atoms with Crippen LogP contribution in [-0.2, 0) is 11.3 Å². The first kappa shape index (κ1) is 10.2. The number of rotatable bonds is 3. The molecule has 1 N–H and O–H groups in total. The first-order valence-corrected chi connectivity index (χ1v) is 5.52. The van der Waals surface area contributed by atoms with Gasteiger partial charge in [-0.25, -0.2) is 0 Å². The molecule has 1 aliphatic rings. The van der Waals surface area contributed by atoms with Crippen molar-refractivity contribution in [3.8, 4) is 0 Å². The Labute approximate surface area is 89.7 Å². The summed E-state index contributed by atoms with van der Waals surface area (Å²) >= 11 is 0. The van der Waals surface area contributed by atoms with E-state index in [2.05, 4.69) is 23.5 Å². The topological polar surface area (TPSA) is 46.9 Å². The van der Waals surface area contributed by atoms with E-state index in [9.17, 15) is 4.79 Å². The molecule has 1 aromatic heterocycles. The third kappa shape index (κ3) is 2.03. The van der Waals surface area contributed by atoms with Crippen LogP contribution in [0.5, 0.6) is 0 Å². The number of nitrogens with zero attached hydrogens (tertiary/aromatic N) is 2. The van der Waals surface area contributed by atoms with Crippen LogP contribution in [0.15, 0.2) is 12.4 Å². The summed E-state index contributed by atoms with van der Waals surface area (Å²) in [5.41, 5.74) is 1.18. The zero-order valence-electron chi connectivity index (χ0n) is 9.23. The molecule has 4 nitrogen and oxygen atoms in total. The van der Waals surface area contributed by atoms with E-state index in [1.807, 2.05) is 17.8 Å². The summed E-state index contributed by atoms with van der Waals surface area (Å²) in [5.74, 6) is 0.443. The van der Waals surface area contributed by atoms with E-state index >= 15 is 0 Å². The molecule has 0 bridgehead atoms. The highest BCUT2D eigenvalue weighted by Crippen LogP contribution is 2.27. The van der Waals surface area contributed by atoms with Crippen LogP contribution in [0.2, 0.25) is 0 Å². The van der Waals surface area contributed by atoms with E-state index in [1.165, 1.54) is 5.56 Å². The van der Waals surface area contributed by atoms with Crippen molar-refractivity contribution in [1.82, 2.24) is 15.1 Å². The van der Waals surface area contributed by atoms with Gasteiger partial charge in [0.2, 0.25) is 5.91 Å². The lowest BCUT2D eigenvalue weighted by Crippen LogP contribution is -2.24. The largest absolute Gasteiger partial charge is 0.353 e. The molecule has 2 heterocycles. The molecule has 1 aromatic rings. The minimum atomic E-state index is 0.149. The molecule has 0 aliphatic carbocycles. The van der Waals surface area contributed by atoms with Gasteiger partial charge in [-0.2, -0.15) is 5.10 Å². The molecule has 0 radical (unpaired) electrons. The lowest BCUT2D eigenvalue weighted by atomic mass is 9.96. The Kier molecular flexibility index (Phi) is 2.75. The maximum Gasteiger partial charge on any atom is 0.220 e. The standard InChI is InChI=1S/C11H17N3O/c1-3-4-14-7-9(6-12-14)10-5-11(15)13-8(10)2/h6-8,10H,3-5H2,1-2H3,(H,13,15). The van der Waals surface area contributed by atoms with Gasteiger partial charge in [-0.05, 0) is 18.9 Å². The fraction of sp³-hybridized carbons (Fsp3) is 0.636. The van der Waals surface area contributed by atoms with Crippen LogP contribution in [0.25, 0.3) is 0 Å². The molecule has 2 unspecified atom stereocenters. The van der Waals surface area contributed by atoms with Gasteiger partial charge >= 0.3 is 0 Å². The van der Waals surface area contributed by atoms with Crippen LogP contribution in [-0.4, -0.2) is 21.7 Å². The average Bonchev–Trinajstić information content (AvgIpc) is 2.73. The van der Waals surface area contributed by atoms with E-state index in [0.717, 1.165) is 13.0 Å². The van der Waals surface area contributed by atoms with E-state index in [0.29, 0.717) is 12.3 Å². The Balaban J connectivity index is 2.12. The number of carbonyl (C=O) groups is 1. The predicted molar refractivity (Wildman–Crippen MR) is 57.5 cm³/mol. The number of hydrogen-bond donors (Lipinski definition) is 1. The summed E-state index contributed by atoms with van der Waals surface area (Å²) in [5, 5.41) is 7.22. The summed E-state index contributed by atoms with van der Waals surface area (Å²) in [6.07, 6.45) is 5.62. The number of carbonyl (C=O) groups excluding carboxylic acids is 1. The minimum absolute atomic E-state index is 0.149. The molecular weight excluding hydrogens is 190 g/mol. The van der Waals surface area contributed by atoms with Gasteiger partial charge in [0.25, 0.3) is 0 Å². The maximum absolute atomic E-state index is 11.2. The van der Waals surface area contributed by atoms with Gasteiger partial charge in [-0.3, -0.25) is 9.48 Å². The SMILES string of the molecule is CCCn1cc(C2CC(=O)NC2C)cn1. The van der Waals surface area contributed by atoms with Crippen molar-refractivity contribution in [3.63, 3.8) is 0 Å². The van der Waals surface area contributed by atoms with Crippen molar-refractivity contribution in [2.75, 3.05) is 0 Å². The van der Waals surface area contributed by atoms with E-state index in [-0.39, 0.29) is 11.9 Å². The Morgan fingerprint density at radius 3 is 3.07 bits per heavy atom. The molecule has 0 saturated carbocycles. The summed E-state index contributed by atoms with van der Waals surface area (Å²) in [4.78, 5) is 11.2. The molecule has 1 aliphatic heterocycles. The zero-order chi connectivity index (χ0) is 10.8. The minimum Gasteiger partial charge on any atom is -0.353 e. The molecule has 0 aromatic carbocycles. The first-order valence-electron chi connectivity index (χ1n) is 5.52. The monoisotopic (exact) mass is 207 g/mol. The second-order valence-corrected chi connectivity index (χ2v) is 4.20. The van der Waals surface area contributed by atoms with Crippen LogP contribution in [0.4, 0.5) is 0 Å². The summed E-state index contributed by atoms with van der Waals surface area (Å²) in [6, 6.07) is 0.233. The smallest absolute Gasteiger partial charge is 0.220 e. The maximum atomic E-state index is 11.2. The third-order valence-electron chi connectivity index (χ3n) is 2.93. The quantitative estimate of drug-likeness (QED) is 0.811. The van der Waals surface area contributed by atoms with E-state index in [1.54, 1.807) is 0 Å². The van der Waals surface area contributed by atoms with Crippen molar-refractivity contribution in [2.45, 2.75) is 45.2 Å². The number of aromatic nitrogens is 2. The first-order chi connectivity index (χ1) is 7.20. The number of amides is 1. The highest BCUT2D eigenvalue weighted by molar-refractivity contribution is 5.80. The van der Waals surface area contributed by atoms with Gasteiger partial charge in [0.05, 0.1) is 6.20 Å². The second kappa shape index (κ2) is 4.04. The number of nitrogens with one attached hydrogen (secondary N) is 1. The third-order valence-corrected chi connectivity index (χ3v) is 2.93. The molecule has 1 amide bonds. The fourth-order valence-electron chi connectivity index (χ4n) is 2.12. The Morgan fingerprint density at radius 1 is 1.67 bits per heavy atom. The Bertz CT molecular complexity index is 358. The van der Waals surface area contributed by atoms with Gasteiger partial charge in [0, 0.05) is 31.1 Å². The predicted octanol–water partition coefficient (Wildman–Crippen LogP) is 1.29. The number of hydrogen-bond acceptors (Lipinski definition) is 2. The lowest BCUT2D eigenvalue weighted by Gasteiger charge is -2.11. The van der Waals surface area contributed by atoms with E-state index in [4.69, 9.17) is 0 Å². The molecule has 0 spiro atoms. The average molecular weight is 207 g/mol. The van der Waals surface area contributed by atoms with Gasteiger partial charge in [-0.15, -0.1) is 0 Å². The van der Waals surface area contributed by atoms with Crippen LogP contribution >= 0.6 is 0 Å². The highest BCUT2D eigenvalue weighted by Gasteiger charge is 2.30. The molecule has 4 heteroatoms. The van der Waals surface area contributed by atoms with Crippen molar-refractivity contribution in [2.24, 2.45) is 0 Å². The van der Waals surface area contributed by atoms with Gasteiger partial charge in [-0.1, -0.05) is 6.92 Å². The number of aryl methyl sites for hydroxylation is 1.